The molecule has 1 rings (SSSR count). The molecule has 0 bridgehead atoms. The zero-order valence-corrected chi connectivity index (χ0v) is 11.1. The van der Waals surface area contributed by atoms with E-state index in [1.807, 2.05) is 19.1 Å². The van der Waals surface area contributed by atoms with Crippen LogP contribution in [-0.2, 0) is 10.0 Å². The van der Waals surface area contributed by atoms with Crippen LogP contribution >= 0.6 is 0 Å². The summed E-state index contributed by atoms with van der Waals surface area (Å²) >= 11 is 0. The molecule has 0 aliphatic rings. The molecule has 0 atom stereocenters. The van der Waals surface area contributed by atoms with Crippen molar-refractivity contribution >= 4 is 15.7 Å². The number of sulfonamides is 1. The summed E-state index contributed by atoms with van der Waals surface area (Å²) in [5.41, 5.74) is 1.00. The van der Waals surface area contributed by atoms with Crippen LogP contribution in [0.1, 0.15) is 13.3 Å². The van der Waals surface area contributed by atoms with Crippen molar-refractivity contribution in [1.29, 1.82) is 0 Å². The molecule has 1 heterocycles. The summed E-state index contributed by atoms with van der Waals surface area (Å²) in [4.78, 5) is 3.92. The molecule has 6 heteroatoms. The molecule has 1 N–H and O–H groups in total. The maximum Gasteiger partial charge on any atom is 0.211 e. The average molecular weight is 257 g/mol. The Balaban J connectivity index is 2.29. The molecule has 0 aliphatic carbocycles. The van der Waals surface area contributed by atoms with Gasteiger partial charge in [0.25, 0.3) is 0 Å². The smallest absolute Gasteiger partial charge is 0.211 e. The first-order chi connectivity index (χ1) is 8.04. The molecule has 1 aromatic rings. The van der Waals surface area contributed by atoms with Gasteiger partial charge in [-0.05, 0) is 18.6 Å². The second-order valence-electron chi connectivity index (χ2n) is 3.77. The molecule has 0 aromatic carbocycles. The van der Waals surface area contributed by atoms with E-state index in [2.05, 4.69) is 10.3 Å². The Morgan fingerprint density at radius 2 is 2.00 bits per heavy atom. The summed E-state index contributed by atoms with van der Waals surface area (Å²) in [6.07, 6.45) is 5.46. The van der Waals surface area contributed by atoms with Crippen LogP contribution in [0.2, 0.25) is 0 Å². The molecule has 17 heavy (non-hydrogen) atoms. The summed E-state index contributed by atoms with van der Waals surface area (Å²) in [6, 6.07) is 3.77. The van der Waals surface area contributed by atoms with Crippen LogP contribution in [0.4, 0.5) is 5.69 Å². The summed E-state index contributed by atoms with van der Waals surface area (Å²) < 4.78 is 24.1. The van der Waals surface area contributed by atoms with Crippen molar-refractivity contribution in [1.82, 2.24) is 9.29 Å². The van der Waals surface area contributed by atoms with E-state index in [-0.39, 0.29) is 0 Å². The minimum Gasteiger partial charge on any atom is -0.385 e. The van der Waals surface area contributed by atoms with Crippen molar-refractivity contribution in [2.75, 3.05) is 31.2 Å². The van der Waals surface area contributed by atoms with Crippen molar-refractivity contribution in [3.05, 3.63) is 24.5 Å². The average Bonchev–Trinajstić information content (AvgIpc) is 2.28. The fraction of sp³-hybridized carbons (Fsp3) is 0.545. The van der Waals surface area contributed by atoms with Crippen LogP contribution in [0.5, 0.6) is 0 Å². The van der Waals surface area contributed by atoms with Crippen molar-refractivity contribution in [3.63, 3.8) is 0 Å². The highest BCUT2D eigenvalue weighted by Gasteiger charge is 2.12. The van der Waals surface area contributed by atoms with Crippen LogP contribution in [-0.4, -0.2) is 43.6 Å². The highest BCUT2D eigenvalue weighted by molar-refractivity contribution is 7.88. The number of anilines is 1. The molecule has 5 nitrogen and oxygen atoms in total. The Kier molecular flexibility index (Phi) is 5.37. The first-order valence-electron chi connectivity index (χ1n) is 5.63. The minimum absolute atomic E-state index is 0.522. The monoisotopic (exact) mass is 257 g/mol. The number of pyridine rings is 1. The summed E-state index contributed by atoms with van der Waals surface area (Å²) in [5, 5.41) is 3.21. The van der Waals surface area contributed by atoms with Gasteiger partial charge < -0.3 is 5.32 Å². The highest BCUT2D eigenvalue weighted by Crippen LogP contribution is 2.04. The van der Waals surface area contributed by atoms with E-state index >= 15 is 0 Å². The fourth-order valence-electron chi connectivity index (χ4n) is 1.52. The zero-order chi connectivity index (χ0) is 12.7. The first-order valence-corrected chi connectivity index (χ1v) is 7.48. The maximum atomic E-state index is 11.3. The molecule has 96 valence electrons. The Labute approximate surface area is 103 Å². The quantitative estimate of drug-likeness (QED) is 0.745. The lowest BCUT2D eigenvalue weighted by Crippen LogP contribution is -2.31. The standard InChI is InChI=1S/C11H19N3O2S/c1-3-14(17(2,15)16)10-4-7-13-11-5-8-12-9-6-11/h5-6,8-9H,3-4,7,10H2,1-2H3,(H,12,13). The van der Waals surface area contributed by atoms with Gasteiger partial charge in [-0.15, -0.1) is 0 Å². The van der Waals surface area contributed by atoms with E-state index in [4.69, 9.17) is 0 Å². The third-order valence-corrected chi connectivity index (χ3v) is 3.79. The van der Waals surface area contributed by atoms with Crippen LogP contribution < -0.4 is 5.32 Å². The zero-order valence-electron chi connectivity index (χ0n) is 10.3. The Bertz CT molecular complexity index is 420. The van der Waals surface area contributed by atoms with Gasteiger partial charge in [0.15, 0.2) is 0 Å². The Morgan fingerprint density at radius 3 is 2.53 bits per heavy atom. The van der Waals surface area contributed by atoms with Gasteiger partial charge in [0.1, 0.15) is 0 Å². The molecular formula is C11H19N3O2S. The normalized spacial score (nSPS) is 11.7. The van der Waals surface area contributed by atoms with E-state index < -0.39 is 10.0 Å². The second-order valence-corrected chi connectivity index (χ2v) is 5.75. The minimum atomic E-state index is -3.06. The molecule has 0 radical (unpaired) electrons. The Morgan fingerprint density at radius 1 is 1.35 bits per heavy atom. The summed E-state index contributed by atoms with van der Waals surface area (Å²) in [5.74, 6) is 0. The van der Waals surface area contributed by atoms with E-state index in [1.165, 1.54) is 10.6 Å². The van der Waals surface area contributed by atoms with Gasteiger partial charge in [0.2, 0.25) is 10.0 Å². The first kappa shape index (κ1) is 13.9. The lowest BCUT2D eigenvalue weighted by atomic mass is 10.3. The van der Waals surface area contributed by atoms with Crippen molar-refractivity contribution in [3.8, 4) is 0 Å². The molecule has 0 unspecified atom stereocenters. The lowest BCUT2D eigenvalue weighted by Gasteiger charge is -2.17. The third kappa shape index (κ3) is 5.14. The van der Waals surface area contributed by atoms with Crippen molar-refractivity contribution < 1.29 is 8.42 Å². The molecule has 0 saturated carbocycles. The second kappa shape index (κ2) is 6.56. The number of hydrogen-bond donors (Lipinski definition) is 1. The van der Waals surface area contributed by atoms with Gasteiger partial charge >= 0.3 is 0 Å². The van der Waals surface area contributed by atoms with E-state index in [9.17, 15) is 8.42 Å². The highest BCUT2D eigenvalue weighted by atomic mass is 32.2. The molecule has 0 fully saturated rings. The van der Waals surface area contributed by atoms with Gasteiger partial charge in [-0.25, -0.2) is 12.7 Å². The third-order valence-electron chi connectivity index (χ3n) is 2.42. The number of nitrogens with zero attached hydrogens (tertiary/aromatic N) is 2. The molecule has 0 saturated heterocycles. The largest absolute Gasteiger partial charge is 0.385 e. The Hall–Kier alpha value is -1.14. The number of aromatic nitrogens is 1. The number of hydrogen-bond acceptors (Lipinski definition) is 4. The summed E-state index contributed by atoms with van der Waals surface area (Å²) in [6.45, 7) is 3.66. The van der Waals surface area contributed by atoms with Crippen molar-refractivity contribution in [2.45, 2.75) is 13.3 Å². The van der Waals surface area contributed by atoms with Crippen LogP contribution in [0.15, 0.2) is 24.5 Å². The summed E-state index contributed by atoms with van der Waals surface area (Å²) in [7, 11) is -3.06. The topological polar surface area (TPSA) is 62.3 Å². The SMILES string of the molecule is CCN(CCCNc1ccncc1)S(C)(=O)=O. The van der Waals surface area contributed by atoms with Gasteiger partial charge in [0.05, 0.1) is 6.26 Å². The van der Waals surface area contributed by atoms with Gasteiger partial charge in [-0.3, -0.25) is 4.98 Å². The lowest BCUT2D eigenvalue weighted by molar-refractivity contribution is 0.429. The van der Waals surface area contributed by atoms with E-state index in [1.54, 1.807) is 12.4 Å². The van der Waals surface area contributed by atoms with E-state index in [0.29, 0.717) is 13.1 Å². The number of rotatable bonds is 7. The molecular weight excluding hydrogens is 238 g/mol. The predicted molar refractivity (Wildman–Crippen MR) is 69.4 cm³/mol. The van der Waals surface area contributed by atoms with Crippen molar-refractivity contribution in [2.24, 2.45) is 0 Å². The van der Waals surface area contributed by atoms with Gasteiger partial charge in [-0.2, -0.15) is 0 Å². The fourth-order valence-corrected chi connectivity index (χ4v) is 2.45. The van der Waals surface area contributed by atoms with Crippen LogP contribution in [0.3, 0.4) is 0 Å². The van der Waals surface area contributed by atoms with Crippen LogP contribution in [0.25, 0.3) is 0 Å². The molecule has 0 spiro atoms. The maximum absolute atomic E-state index is 11.3. The van der Waals surface area contributed by atoms with Gasteiger partial charge in [-0.1, -0.05) is 6.92 Å². The van der Waals surface area contributed by atoms with E-state index in [0.717, 1.165) is 18.7 Å². The molecule has 0 amide bonds. The van der Waals surface area contributed by atoms with Crippen LogP contribution in [0, 0.1) is 0 Å². The molecule has 0 aliphatic heterocycles. The molecule has 1 aromatic heterocycles. The number of nitrogens with one attached hydrogen (secondary N) is 1. The predicted octanol–water partition coefficient (Wildman–Crippen LogP) is 1.17. The van der Waals surface area contributed by atoms with Gasteiger partial charge in [0, 0.05) is 37.7 Å².